The first-order valence-electron chi connectivity index (χ1n) is 9.35. The Balaban J connectivity index is 2.12. The summed E-state index contributed by atoms with van der Waals surface area (Å²) in [7, 11) is 1.23. The molecule has 1 amide bonds. The molecule has 0 aromatic heterocycles. The molecule has 0 fully saturated rings. The Morgan fingerprint density at radius 1 is 0.900 bits per heavy atom. The van der Waals surface area contributed by atoms with E-state index in [0.717, 1.165) is 0 Å². The van der Waals surface area contributed by atoms with Gasteiger partial charge in [0.1, 0.15) is 0 Å². The third-order valence-electron chi connectivity index (χ3n) is 5.00. The molecule has 3 aromatic rings. The van der Waals surface area contributed by atoms with Gasteiger partial charge in [0.2, 0.25) is 0 Å². The van der Waals surface area contributed by atoms with E-state index in [2.05, 4.69) is 5.32 Å². The third kappa shape index (κ3) is 3.99. The number of aldehydes is 1. The van der Waals surface area contributed by atoms with Gasteiger partial charge in [0.15, 0.2) is 12.3 Å². The summed E-state index contributed by atoms with van der Waals surface area (Å²) in [5.41, 5.74) is 7.05. The van der Waals surface area contributed by atoms with Gasteiger partial charge in [-0.1, -0.05) is 78.9 Å². The lowest BCUT2D eigenvalue weighted by Gasteiger charge is -2.37. The van der Waals surface area contributed by atoms with Crippen LogP contribution < -0.4 is 11.1 Å². The maximum Gasteiger partial charge on any atom is 0.331 e. The highest BCUT2D eigenvalue weighted by Gasteiger charge is 2.45. The first-order chi connectivity index (χ1) is 14.5. The van der Waals surface area contributed by atoms with Crippen LogP contribution in [0.25, 0.3) is 0 Å². The molecule has 6 heteroatoms. The van der Waals surface area contributed by atoms with Crippen LogP contribution in [0.2, 0.25) is 0 Å². The van der Waals surface area contributed by atoms with Crippen molar-refractivity contribution in [1.29, 1.82) is 0 Å². The van der Waals surface area contributed by atoms with Crippen LogP contribution in [-0.2, 0) is 15.1 Å². The highest BCUT2D eigenvalue weighted by Crippen LogP contribution is 2.31. The molecule has 3 aromatic carbocycles. The quantitative estimate of drug-likeness (QED) is 0.468. The second kappa shape index (κ2) is 9.15. The molecular formula is C24H22N2O4. The Kier molecular flexibility index (Phi) is 6.39. The van der Waals surface area contributed by atoms with Crippen molar-refractivity contribution < 1.29 is 19.1 Å². The first kappa shape index (κ1) is 21.0. The second-order valence-electron chi connectivity index (χ2n) is 6.74. The fraction of sp³-hybridized carbons (Fsp3) is 0.125. The summed E-state index contributed by atoms with van der Waals surface area (Å²) in [6, 6.07) is 23.1. The predicted molar refractivity (Wildman–Crippen MR) is 113 cm³/mol. The summed E-state index contributed by atoms with van der Waals surface area (Å²) in [4.78, 5) is 37.2. The largest absolute Gasteiger partial charge is 0.467 e. The number of methoxy groups -OCH3 is 1. The minimum atomic E-state index is -1.42. The van der Waals surface area contributed by atoms with E-state index in [-0.39, 0.29) is 11.1 Å². The van der Waals surface area contributed by atoms with E-state index in [0.29, 0.717) is 17.4 Å². The SMILES string of the molecule is COC(=O)C(NC(=O)c1ccccc1C=O)C(N)(c1ccccc1)c1ccccc1. The number of carbonyl (C=O) groups excluding carboxylic acids is 3. The standard InChI is InChI=1S/C24H22N2O4/c1-30-23(29)21(26-22(28)20-15-9-8-10-17(20)16-27)24(25,18-11-4-2-5-12-18)19-13-6-3-7-14-19/h2-16,21H,25H2,1H3,(H,26,28). The van der Waals surface area contributed by atoms with Gasteiger partial charge in [0, 0.05) is 11.1 Å². The monoisotopic (exact) mass is 402 g/mol. The first-order valence-corrected chi connectivity index (χ1v) is 9.35. The number of ether oxygens (including phenoxy) is 1. The normalized spacial score (nSPS) is 11.9. The Labute approximate surface area is 174 Å². The van der Waals surface area contributed by atoms with Crippen molar-refractivity contribution in [2.75, 3.05) is 7.11 Å². The lowest BCUT2D eigenvalue weighted by molar-refractivity contribution is -0.144. The van der Waals surface area contributed by atoms with Gasteiger partial charge in [-0.2, -0.15) is 0 Å². The van der Waals surface area contributed by atoms with E-state index in [9.17, 15) is 14.4 Å². The van der Waals surface area contributed by atoms with E-state index in [4.69, 9.17) is 10.5 Å². The third-order valence-corrected chi connectivity index (χ3v) is 5.00. The number of hydrogen-bond acceptors (Lipinski definition) is 5. The molecule has 152 valence electrons. The number of esters is 1. The van der Waals surface area contributed by atoms with Crippen molar-refractivity contribution in [1.82, 2.24) is 5.32 Å². The van der Waals surface area contributed by atoms with Crippen molar-refractivity contribution in [3.63, 3.8) is 0 Å². The zero-order chi connectivity index (χ0) is 21.6. The van der Waals surface area contributed by atoms with Gasteiger partial charge in [-0.05, 0) is 17.2 Å². The maximum absolute atomic E-state index is 13.0. The number of hydrogen-bond donors (Lipinski definition) is 2. The summed E-state index contributed by atoms with van der Waals surface area (Å²) in [6.07, 6.45) is 0.589. The summed E-state index contributed by atoms with van der Waals surface area (Å²) >= 11 is 0. The summed E-state index contributed by atoms with van der Waals surface area (Å²) < 4.78 is 4.99. The molecule has 0 aliphatic carbocycles. The molecule has 0 bridgehead atoms. The van der Waals surface area contributed by atoms with Crippen molar-refractivity contribution in [2.24, 2.45) is 5.73 Å². The van der Waals surface area contributed by atoms with Crippen LogP contribution in [0.3, 0.4) is 0 Å². The Morgan fingerprint density at radius 3 is 1.90 bits per heavy atom. The van der Waals surface area contributed by atoms with E-state index >= 15 is 0 Å². The van der Waals surface area contributed by atoms with Crippen molar-refractivity contribution in [2.45, 2.75) is 11.6 Å². The van der Waals surface area contributed by atoms with Crippen molar-refractivity contribution >= 4 is 18.2 Å². The Bertz CT molecular complexity index is 996. The molecule has 0 spiro atoms. The smallest absolute Gasteiger partial charge is 0.331 e. The fourth-order valence-electron chi connectivity index (χ4n) is 3.42. The molecule has 0 heterocycles. The van der Waals surface area contributed by atoms with Crippen LogP contribution in [0.5, 0.6) is 0 Å². The molecule has 0 aliphatic rings. The van der Waals surface area contributed by atoms with E-state index in [1.807, 2.05) is 12.1 Å². The molecule has 1 atom stereocenters. The number of benzene rings is 3. The number of rotatable bonds is 7. The predicted octanol–water partition coefficient (Wildman–Crippen LogP) is 2.67. The molecule has 3 N–H and O–H groups in total. The van der Waals surface area contributed by atoms with E-state index in [1.165, 1.54) is 19.2 Å². The maximum atomic E-state index is 13.0. The molecule has 1 unspecified atom stereocenters. The molecule has 6 nitrogen and oxygen atoms in total. The van der Waals surface area contributed by atoms with Gasteiger partial charge in [-0.3, -0.25) is 9.59 Å². The zero-order valence-corrected chi connectivity index (χ0v) is 16.4. The van der Waals surface area contributed by atoms with Crippen LogP contribution in [0.15, 0.2) is 84.9 Å². The average Bonchev–Trinajstić information content (AvgIpc) is 2.82. The van der Waals surface area contributed by atoms with Gasteiger partial charge in [0.25, 0.3) is 5.91 Å². The van der Waals surface area contributed by atoms with Crippen LogP contribution in [0.4, 0.5) is 0 Å². The van der Waals surface area contributed by atoms with Crippen LogP contribution in [0.1, 0.15) is 31.8 Å². The zero-order valence-electron chi connectivity index (χ0n) is 16.4. The number of nitrogens with one attached hydrogen (secondary N) is 1. The van der Waals surface area contributed by atoms with Gasteiger partial charge in [-0.15, -0.1) is 0 Å². The van der Waals surface area contributed by atoms with Crippen LogP contribution >= 0.6 is 0 Å². The highest BCUT2D eigenvalue weighted by molar-refractivity contribution is 6.03. The lowest BCUT2D eigenvalue weighted by atomic mass is 9.77. The van der Waals surface area contributed by atoms with Gasteiger partial charge in [-0.25, -0.2) is 4.79 Å². The molecule has 0 saturated heterocycles. The van der Waals surface area contributed by atoms with Crippen LogP contribution in [-0.4, -0.2) is 31.3 Å². The number of carbonyl (C=O) groups is 3. The Morgan fingerprint density at radius 2 is 1.40 bits per heavy atom. The summed E-state index contributed by atoms with van der Waals surface area (Å²) in [5.74, 6) is -1.31. The molecule has 0 radical (unpaired) electrons. The molecule has 3 rings (SSSR count). The van der Waals surface area contributed by atoms with Gasteiger partial charge < -0.3 is 15.8 Å². The molecule has 30 heavy (non-hydrogen) atoms. The second-order valence-corrected chi connectivity index (χ2v) is 6.74. The number of amides is 1. The van der Waals surface area contributed by atoms with Gasteiger partial charge >= 0.3 is 5.97 Å². The molecule has 0 aliphatic heterocycles. The van der Waals surface area contributed by atoms with Crippen molar-refractivity contribution in [3.05, 3.63) is 107 Å². The van der Waals surface area contributed by atoms with Crippen LogP contribution in [0, 0.1) is 0 Å². The minimum Gasteiger partial charge on any atom is -0.467 e. The van der Waals surface area contributed by atoms with E-state index < -0.39 is 23.5 Å². The minimum absolute atomic E-state index is 0.143. The molecule has 0 saturated carbocycles. The molecular weight excluding hydrogens is 380 g/mol. The lowest BCUT2D eigenvalue weighted by Crippen LogP contribution is -2.61. The Hall–Kier alpha value is -3.77. The van der Waals surface area contributed by atoms with E-state index in [1.54, 1.807) is 60.7 Å². The summed E-state index contributed by atoms with van der Waals surface area (Å²) in [6.45, 7) is 0. The highest BCUT2D eigenvalue weighted by atomic mass is 16.5. The summed E-state index contributed by atoms with van der Waals surface area (Å²) in [5, 5.41) is 2.70. The average molecular weight is 402 g/mol. The topological polar surface area (TPSA) is 98.5 Å². The fourth-order valence-corrected chi connectivity index (χ4v) is 3.42. The van der Waals surface area contributed by atoms with Crippen molar-refractivity contribution in [3.8, 4) is 0 Å². The number of nitrogens with two attached hydrogens (primary N) is 1. The van der Waals surface area contributed by atoms with Gasteiger partial charge in [0.05, 0.1) is 12.6 Å².